The van der Waals surface area contributed by atoms with Gasteiger partial charge in [0.1, 0.15) is 0 Å². The summed E-state index contributed by atoms with van der Waals surface area (Å²) in [6, 6.07) is 2.10. The van der Waals surface area contributed by atoms with Crippen molar-refractivity contribution in [2.24, 2.45) is 17.8 Å². The van der Waals surface area contributed by atoms with Crippen LogP contribution in [0.25, 0.3) is 0 Å². The smallest absolute Gasteiger partial charge is 0.0593 e. The highest BCUT2D eigenvalue weighted by Gasteiger charge is 2.39. The average Bonchev–Trinajstić information content (AvgIpc) is 2.82. The van der Waals surface area contributed by atoms with E-state index in [2.05, 4.69) is 29.0 Å². The van der Waals surface area contributed by atoms with Crippen molar-refractivity contribution in [2.75, 3.05) is 0 Å². The molecule has 2 saturated carbocycles. The van der Waals surface area contributed by atoms with Crippen molar-refractivity contribution in [1.29, 1.82) is 0 Å². The molecule has 14 heavy (non-hydrogen) atoms. The van der Waals surface area contributed by atoms with Gasteiger partial charge in [-0.15, -0.1) is 0 Å². The molecule has 2 aliphatic rings. The average molecular weight is 190 g/mol. The van der Waals surface area contributed by atoms with Crippen LogP contribution in [0.2, 0.25) is 0 Å². The van der Waals surface area contributed by atoms with Crippen molar-refractivity contribution < 1.29 is 0 Å². The first-order chi connectivity index (χ1) is 6.81. The second kappa shape index (κ2) is 3.11. The molecule has 1 heterocycles. The molecule has 0 radical (unpaired) electrons. The summed E-state index contributed by atoms with van der Waals surface area (Å²) in [5, 5.41) is 4.47. The Morgan fingerprint density at radius 3 is 2.93 bits per heavy atom. The lowest BCUT2D eigenvalue weighted by Crippen LogP contribution is -2.17. The first kappa shape index (κ1) is 8.51. The van der Waals surface area contributed by atoms with E-state index in [1.165, 1.54) is 25.7 Å². The Morgan fingerprint density at radius 2 is 2.36 bits per heavy atom. The van der Waals surface area contributed by atoms with Gasteiger partial charge < -0.3 is 0 Å². The zero-order chi connectivity index (χ0) is 9.54. The van der Waals surface area contributed by atoms with E-state index >= 15 is 0 Å². The number of aromatic nitrogens is 2. The summed E-state index contributed by atoms with van der Waals surface area (Å²) in [6.45, 7) is 3.23. The van der Waals surface area contributed by atoms with E-state index in [1.807, 2.05) is 0 Å². The number of aryl methyl sites for hydroxylation is 1. The van der Waals surface area contributed by atoms with E-state index in [0.717, 1.165) is 30.0 Å². The third-order valence-electron chi connectivity index (χ3n) is 4.08. The number of fused-ring (bicyclic) bond motifs is 2. The van der Waals surface area contributed by atoms with Crippen molar-refractivity contribution in [1.82, 2.24) is 9.78 Å². The molecule has 3 rings (SSSR count). The monoisotopic (exact) mass is 190 g/mol. The summed E-state index contributed by atoms with van der Waals surface area (Å²) in [6.07, 6.45) is 8.07. The van der Waals surface area contributed by atoms with E-state index in [4.69, 9.17) is 0 Å². The van der Waals surface area contributed by atoms with E-state index in [0.29, 0.717) is 0 Å². The quantitative estimate of drug-likeness (QED) is 0.701. The van der Waals surface area contributed by atoms with E-state index < -0.39 is 0 Å². The van der Waals surface area contributed by atoms with Crippen molar-refractivity contribution in [3.63, 3.8) is 0 Å². The molecular formula is C12H18N2. The predicted molar refractivity (Wildman–Crippen MR) is 55.9 cm³/mol. The normalized spacial score (nSPS) is 35.4. The molecular weight excluding hydrogens is 172 g/mol. The summed E-state index contributed by atoms with van der Waals surface area (Å²) in [7, 11) is 0. The van der Waals surface area contributed by atoms with Crippen molar-refractivity contribution in [3.05, 3.63) is 18.0 Å². The van der Waals surface area contributed by atoms with E-state index in [9.17, 15) is 0 Å². The third-order valence-corrected chi connectivity index (χ3v) is 4.08. The zero-order valence-electron chi connectivity index (χ0n) is 8.82. The Bertz CT molecular complexity index is 329. The first-order valence-corrected chi connectivity index (χ1v) is 5.81. The maximum Gasteiger partial charge on any atom is 0.0593 e. The Kier molecular flexibility index (Phi) is 1.89. The van der Waals surface area contributed by atoms with Crippen LogP contribution in [0.4, 0.5) is 0 Å². The summed E-state index contributed by atoms with van der Waals surface area (Å²) < 4.78 is 2.14. The minimum Gasteiger partial charge on any atom is -0.272 e. The fourth-order valence-corrected chi connectivity index (χ4v) is 3.41. The SMILES string of the molecule is Cc1ccn(CC2CC3CCC2C3)n1. The number of hydrogen-bond acceptors (Lipinski definition) is 1. The largest absolute Gasteiger partial charge is 0.272 e. The van der Waals surface area contributed by atoms with Crippen LogP contribution in [-0.4, -0.2) is 9.78 Å². The molecule has 3 unspecified atom stereocenters. The molecule has 3 atom stereocenters. The van der Waals surface area contributed by atoms with Gasteiger partial charge >= 0.3 is 0 Å². The molecule has 1 aromatic rings. The van der Waals surface area contributed by atoms with Crippen LogP contribution in [0.1, 0.15) is 31.4 Å². The molecule has 76 valence electrons. The Hall–Kier alpha value is -0.790. The molecule has 0 N–H and O–H groups in total. The molecule has 2 bridgehead atoms. The highest BCUT2D eigenvalue weighted by molar-refractivity contribution is 4.96. The van der Waals surface area contributed by atoms with Gasteiger partial charge in [-0.3, -0.25) is 4.68 Å². The number of hydrogen-bond donors (Lipinski definition) is 0. The van der Waals surface area contributed by atoms with E-state index in [1.54, 1.807) is 0 Å². The molecule has 2 aliphatic carbocycles. The van der Waals surface area contributed by atoms with Crippen LogP contribution in [0.3, 0.4) is 0 Å². The van der Waals surface area contributed by atoms with Gasteiger partial charge in [0.15, 0.2) is 0 Å². The minimum absolute atomic E-state index is 0.924. The standard InChI is InChI=1S/C12H18N2/c1-9-4-5-14(13-9)8-12-7-10-2-3-11(12)6-10/h4-5,10-12H,2-3,6-8H2,1H3. The van der Waals surface area contributed by atoms with Crippen molar-refractivity contribution in [2.45, 2.75) is 39.2 Å². The van der Waals surface area contributed by atoms with Crippen LogP contribution < -0.4 is 0 Å². The Balaban J connectivity index is 1.68. The Labute approximate surface area is 85.3 Å². The lowest BCUT2D eigenvalue weighted by atomic mass is 9.89. The van der Waals surface area contributed by atoms with Crippen LogP contribution in [-0.2, 0) is 6.54 Å². The molecule has 0 amide bonds. The van der Waals surface area contributed by atoms with Crippen LogP contribution in [0, 0.1) is 24.7 Å². The van der Waals surface area contributed by atoms with Gasteiger partial charge in [0.25, 0.3) is 0 Å². The maximum atomic E-state index is 4.47. The van der Waals surface area contributed by atoms with Crippen LogP contribution in [0.5, 0.6) is 0 Å². The summed E-state index contributed by atoms with van der Waals surface area (Å²) in [5.41, 5.74) is 1.15. The predicted octanol–water partition coefficient (Wildman–Crippen LogP) is 2.63. The molecule has 2 heteroatoms. The topological polar surface area (TPSA) is 17.8 Å². The number of rotatable bonds is 2. The minimum atomic E-state index is 0.924. The first-order valence-electron chi connectivity index (χ1n) is 5.81. The van der Waals surface area contributed by atoms with Crippen molar-refractivity contribution >= 4 is 0 Å². The molecule has 0 aromatic carbocycles. The second-order valence-corrected chi connectivity index (χ2v) is 5.11. The molecule has 0 aliphatic heterocycles. The van der Waals surface area contributed by atoms with Gasteiger partial charge in [0.2, 0.25) is 0 Å². The van der Waals surface area contributed by atoms with E-state index in [-0.39, 0.29) is 0 Å². The summed E-state index contributed by atoms with van der Waals surface area (Å²) >= 11 is 0. The fraction of sp³-hybridized carbons (Fsp3) is 0.750. The zero-order valence-corrected chi connectivity index (χ0v) is 8.82. The van der Waals surface area contributed by atoms with Gasteiger partial charge in [-0.1, -0.05) is 6.42 Å². The second-order valence-electron chi connectivity index (χ2n) is 5.11. The molecule has 2 nitrogen and oxygen atoms in total. The summed E-state index contributed by atoms with van der Waals surface area (Å²) in [4.78, 5) is 0. The van der Waals surface area contributed by atoms with Crippen LogP contribution >= 0.6 is 0 Å². The fourth-order valence-electron chi connectivity index (χ4n) is 3.41. The lowest BCUT2D eigenvalue weighted by molar-refractivity contribution is 0.285. The third kappa shape index (κ3) is 1.37. The highest BCUT2D eigenvalue weighted by atomic mass is 15.3. The van der Waals surface area contributed by atoms with Gasteiger partial charge in [-0.2, -0.15) is 5.10 Å². The summed E-state index contributed by atoms with van der Waals surface area (Å²) in [5.74, 6) is 3.00. The Morgan fingerprint density at radius 1 is 1.43 bits per heavy atom. The molecule has 0 saturated heterocycles. The van der Waals surface area contributed by atoms with Crippen molar-refractivity contribution in [3.8, 4) is 0 Å². The lowest BCUT2D eigenvalue weighted by Gasteiger charge is -2.21. The molecule has 1 aromatic heterocycles. The maximum absolute atomic E-state index is 4.47. The van der Waals surface area contributed by atoms with Gasteiger partial charge in [-0.25, -0.2) is 0 Å². The van der Waals surface area contributed by atoms with Gasteiger partial charge in [0.05, 0.1) is 5.69 Å². The van der Waals surface area contributed by atoms with Crippen LogP contribution in [0.15, 0.2) is 12.3 Å². The molecule has 0 spiro atoms. The molecule has 2 fully saturated rings. The number of nitrogens with zero attached hydrogens (tertiary/aromatic N) is 2. The highest BCUT2D eigenvalue weighted by Crippen LogP contribution is 2.48. The van der Waals surface area contributed by atoms with Gasteiger partial charge in [-0.05, 0) is 50.0 Å². The van der Waals surface area contributed by atoms with Gasteiger partial charge in [0, 0.05) is 12.7 Å².